The van der Waals surface area contributed by atoms with Gasteiger partial charge in [0.05, 0.1) is 5.75 Å². The lowest BCUT2D eigenvalue weighted by Crippen LogP contribution is -2.16. The van der Waals surface area contributed by atoms with Crippen molar-refractivity contribution >= 4 is 23.4 Å². The van der Waals surface area contributed by atoms with Crippen molar-refractivity contribution in [2.45, 2.75) is 18.5 Å². The fraction of sp³-hybridized carbons (Fsp3) is 0.143. The number of benzene rings is 1. The zero-order chi connectivity index (χ0) is 20.1. The van der Waals surface area contributed by atoms with E-state index in [0.29, 0.717) is 16.7 Å². The van der Waals surface area contributed by atoms with Gasteiger partial charge in [0.25, 0.3) is 0 Å². The summed E-state index contributed by atoms with van der Waals surface area (Å²) in [6.07, 6.45) is 6.44. The molecule has 146 valence electrons. The van der Waals surface area contributed by atoms with Crippen LogP contribution < -0.4 is 5.32 Å². The Hall–Kier alpha value is -3.39. The summed E-state index contributed by atoms with van der Waals surface area (Å²) >= 11 is 1.33. The van der Waals surface area contributed by atoms with Crippen LogP contribution in [0.2, 0.25) is 0 Å². The fourth-order valence-electron chi connectivity index (χ4n) is 2.87. The number of nitrogens with zero attached hydrogens (tertiary/aromatic N) is 5. The molecule has 1 N–H and O–H groups in total. The molecule has 7 nitrogen and oxygen atoms in total. The maximum atomic E-state index is 12.5. The SMILES string of the molecule is CCc1cccc(NC(=O)CSc2nnc(-c3ccccn3)n2-n2cccc2)c1. The van der Waals surface area contributed by atoms with Gasteiger partial charge in [-0.15, -0.1) is 10.2 Å². The van der Waals surface area contributed by atoms with Crippen molar-refractivity contribution in [2.75, 3.05) is 11.1 Å². The van der Waals surface area contributed by atoms with Gasteiger partial charge < -0.3 is 5.32 Å². The van der Waals surface area contributed by atoms with Gasteiger partial charge in [0.2, 0.25) is 16.9 Å². The van der Waals surface area contributed by atoms with Crippen molar-refractivity contribution in [1.82, 2.24) is 24.5 Å². The normalized spacial score (nSPS) is 10.8. The summed E-state index contributed by atoms with van der Waals surface area (Å²) in [4.78, 5) is 16.8. The Morgan fingerprint density at radius 3 is 2.69 bits per heavy atom. The molecule has 0 fully saturated rings. The van der Waals surface area contributed by atoms with Gasteiger partial charge in [-0.1, -0.05) is 36.9 Å². The van der Waals surface area contributed by atoms with E-state index in [0.717, 1.165) is 12.1 Å². The molecular weight excluding hydrogens is 384 g/mol. The van der Waals surface area contributed by atoms with Gasteiger partial charge in [-0.25, -0.2) is 4.68 Å². The molecule has 1 amide bonds. The molecule has 8 heteroatoms. The summed E-state index contributed by atoms with van der Waals surface area (Å²) in [5.74, 6) is 0.739. The van der Waals surface area contributed by atoms with Gasteiger partial charge in [0.1, 0.15) is 5.69 Å². The van der Waals surface area contributed by atoms with Gasteiger partial charge in [0, 0.05) is 24.3 Å². The number of carbonyl (C=O) groups excluding carboxylic acids is 1. The quantitative estimate of drug-likeness (QED) is 0.475. The van der Waals surface area contributed by atoms with E-state index >= 15 is 0 Å². The van der Waals surface area contributed by atoms with E-state index in [-0.39, 0.29) is 11.7 Å². The number of thioether (sulfide) groups is 1. The maximum absolute atomic E-state index is 12.5. The van der Waals surface area contributed by atoms with Gasteiger partial charge in [-0.05, 0) is 48.4 Å². The third-order valence-electron chi connectivity index (χ3n) is 4.28. The second-order valence-electron chi connectivity index (χ2n) is 6.29. The van der Waals surface area contributed by atoms with E-state index in [1.165, 1.54) is 17.3 Å². The van der Waals surface area contributed by atoms with E-state index in [1.807, 2.05) is 76.3 Å². The van der Waals surface area contributed by atoms with Crippen LogP contribution in [0.25, 0.3) is 11.5 Å². The molecule has 0 saturated carbocycles. The molecule has 0 atom stereocenters. The average molecular weight is 404 g/mol. The molecule has 0 spiro atoms. The van der Waals surface area contributed by atoms with Crippen molar-refractivity contribution in [1.29, 1.82) is 0 Å². The third-order valence-corrected chi connectivity index (χ3v) is 5.20. The number of anilines is 1. The van der Waals surface area contributed by atoms with Crippen LogP contribution >= 0.6 is 11.8 Å². The van der Waals surface area contributed by atoms with Crippen LogP contribution in [0.5, 0.6) is 0 Å². The maximum Gasteiger partial charge on any atom is 0.234 e. The first-order valence-corrected chi connectivity index (χ1v) is 10.2. The topological polar surface area (TPSA) is 77.6 Å². The second kappa shape index (κ2) is 8.74. The standard InChI is InChI=1S/C21H20N6OS/c1-2-16-8-7-9-17(14-16)23-19(28)15-29-21-25-24-20(18-10-3-4-11-22-18)27(21)26-12-5-6-13-26/h3-14H,2,15H2,1H3,(H,23,28). The van der Waals surface area contributed by atoms with Crippen molar-refractivity contribution in [3.8, 4) is 11.5 Å². The zero-order valence-electron chi connectivity index (χ0n) is 15.9. The molecule has 3 aromatic heterocycles. The Labute approximate surface area is 172 Å². The van der Waals surface area contributed by atoms with Crippen LogP contribution in [0.1, 0.15) is 12.5 Å². The van der Waals surface area contributed by atoms with E-state index in [9.17, 15) is 4.79 Å². The third kappa shape index (κ3) is 4.38. The first kappa shape index (κ1) is 18.9. The second-order valence-corrected chi connectivity index (χ2v) is 7.23. The number of rotatable bonds is 7. The number of carbonyl (C=O) groups is 1. The average Bonchev–Trinajstić information content (AvgIpc) is 3.42. The summed E-state index contributed by atoms with van der Waals surface area (Å²) in [6, 6.07) is 17.4. The van der Waals surface area contributed by atoms with Crippen molar-refractivity contribution in [2.24, 2.45) is 0 Å². The van der Waals surface area contributed by atoms with Crippen molar-refractivity contribution in [3.05, 3.63) is 78.8 Å². The van der Waals surface area contributed by atoms with Crippen LogP contribution in [-0.2, 0) is 11.2 Å². The molecule has 0 aliphatic heterocycles. The van der Waals surface area contributed by atoms with Crippen LogP contribution in [0.3, 0.4) is 0 Å². The number of nitrogens with one attached hydrogen (secondary N) is 1. The first-order chi connectivity index (χ1) is 14.2. The van der Waals surface area contributed by atoms with Crippen molar-refractivity contribution < 1.29 is 4.79 Å². The molecule has 0 aliphatic carbocycles. The molecule has 4 aromatic rings. The number of pyridine rings is 1. The molecule has 0 radical (unpaired) electrons. The van der Waals surface area contributed by atoms with E-state index in [4.69, 9.17) is 0 Å². The molecular formula is C21H20N6OS. The summed E-state index contributed by atoms with van der Waals surface area (Å²) in [5.41, 5.74) is 2.69. The Bertz CT molecular complexity index is 1090. The molecule has 1 aromatic carbocycles. The van der Waals surface area contributed by atoms with E-state index in [2.05, 4.69) is 27.4 Å². The Morgan fingerprint density at radius 1 is 1.07 bits per heavy atom. The Kier molecular flexibility index (Phi) is 5.71. The zero-order valence-corrected chi connectivity index (χ0v) is 16.7. The molecule has 0 saturated heterocycles. The first-order valence-electron chi connectivity index (χ1n) is 9.26. The molecule has 0 bridgehead atoms. The number of aryl methyl sites for hydroxylation is 1. The lowest BCUT2D eigenvalue weighted by Gasteiger charge is -2.11. The summed E-state index contributed by atoms with van der Waals surface area (Å²) in [5, 5.41) is 12.1. The van der Waals surface area contributed by atoms with Crippen molar-refractivity contribution in [3.63, 3.8) is 0 Å². The van der Waals surface area contributed by atoms with Gasteiger partial charge in [-0.2, -0.15) is 0 Å². The summed E-state index contributed by atoms with van der Waals surface area (Å²) in [7, 11) is 0. The number of aromatic nitrogens is 5. The van der Waals surface area contributed by atoms with Gasteiger partial charge in [-0.3, -0.25) is 14.5 Å². The highest BCUT2D eigenvalue weighted by Crippen LogP contribution is 2.23. The lowest BCUT2D eigenvalue weighted by molar-refractivity contribution is -0.113. The molecule has 29 heavy (non-hydrogen) atoms. The smallest absolute Gasteiger partial charge is 0.234 e. The fourth-order valence-corrected chi connectivity index (χ4v) is 3.61. The van der Waals surface area contributed by atoms with E-state index in [1.54, 1.807) is 6.20 Å². The molecule has 0 aliphatic rings. The van der Waals surface area contributed by atoms with Crippen LogP contribution in [-0.4, -0.2) is 36.2 Å². The molecule has 4 rings (SSSR count). The lowest BCUT2D eigenvalue weighted by atomic mass is 10.1. The Morgan fingerprint density at radius 2 is 1.93 bits per heavy atom. The number of hydrogen-bond acceptors (Lipinski definition) is 5. The Balaban J connectivity index is 1.53. The minimum Gasteiger partial charge on any atom is -0.325 e. The highest BCUT2D eigenvalue weighted by atomic mass is 32.2. The number of hydrogen-bond donors (Lipinski definition) is 1. The monoisotopic (exact) mass is 404 g/mol. The summed E-state index contributed by atoms with van der Waals surface area (Å²) < 4.78 is 3.72. The van der Waals surface area contributed by atoms with Gasteiger partial charge in [0.15, 0.2) is 0 Å². The summed E-state index contributed by atoms with van der Waals surface area (Å²) in [6.45, 7) is 2.09. The van der Waals surface area contributed by atoms with E-state index < -0.39 is 0 Å². The van der Waals surface area contributed by atoms with Crippen LogP contribution in [0.15, 0.2) is 78.3 Å². The highest BCUT2D eigenvalue weighted by Gasteiger charge is 2.17. The number of amides is 1. The largest absolute Gasteiger partial charge is 0.325 e. The predicted molar refractivity (Wildman–Crippen MR) is 114 cm³/mol. The molecule has 3 heterocycles. The van der Waals surface area contributed by atoms with Crippen LogP contribution in [0, 0.1) is 0 Å². The minimum atomic E-state index is -0.0929. The van der Waals surface area contributed by atoms with Crippen LogP contribution in [0.4, 0.5) is 5.69 Å². The highest BCUT2D eigenvalue weighted by molar-refractivity contribution is 7.99. The predicted octanol–water partition coefficient (Wildman–Crippen LogP) is 3.75. The molecule has 0 unspecified atom stereocenters. The van der Waals surface area contributed by atoms with Gasteiger partial charge >= 0.3 is 0 Å². The minimum absolute atomic E-state index is 0.0929.